The van der Waals surface area contributed by atoms with Crippen molar-refractivity contribution in [3.05, 3.63) is 28.8 Å². The Kier molecular flexibility index (Phi) is 4.98. The van der Waals surface area contributed by atoms with Crippen molar-refractivity contribution in [3.63, 3.8) is 0 Å². The molecule has 1 N–H and O–H groups in total. The maximum absolute atomic E-state index is 6.48. The number of nitrogens with zero attached hydrogens (tertiary/aromatic N) is 1. The molecule has 112 valence electrons. The largest absolute Gasteiger partial charge is 0.370 e. The second kappa shape index (κ2) is 6.36. The minimum atomic E-state index is 0.133. The average Bonchev–Trinajstić information content (AvgIpc) is 2.84. The molecule has 0 saturated carbocycles. The van der Waals surface area contributed by atoms with Crippen molar-refractivity contribution >= 4 is 17.3 Å². The molecule has 2 nitrogen and oxygen atoms in total. The first-order valence-electron chi connectivity index (χ1n) is 7.67. The number of hydrogen-bond acceptors (Lipinski definition) is 2. The van der Waals surface area contributed by atoms with E-state index in [-0.39, 0.29) is 5.54 Å². The Bertz CT molecular complexity index is 451. The van der Waals surface area contributed by atoms with E-state index in [2.05, 4.69) is 56.1 Å². The summed E-state index contributed by atoms with van der Waals surface area (Å²) in [6.07, 6.45) is 2.56. The van der Waals surface area contributed by atoms with Crippen LogP contribution in [0, 0.1) is 5.92 Å². The van der Waals surface area contributed by atoms with Crippen LogP contribution in [0.3, 0.4) is 0 Å². The van der Waals surface area contributed by atoms with Gasteiger partial charge in [0.1, 0.15) is 0 Å². The summed E-state index contributed by atoms with van der Waals surface area (Å²) >= 11 is 6.48. The molecule has 1 aliphatic heterocycles. The van der Waals surface area contributed by atoms with Gasteiger partial charge in [0.2, 0.25) is 0 Å². The molecule has 1 unspecified atom stereocenters. The highest BCUT2D eigenvalue weighted by molar-refractivity contribution is 6.33. The summed E-state index contributed by atoms with van der Waals surface area (Å²) in [5, 5.41) is 4.38. The van der Waals surface area contributed by atoms with Crippen molar-refractivity contribution < 1.29 is 0 Å². The lowest BCUT2D eigenvalue weighted by molar-refractivity contribution is 0.424. The predicted octanol–water partition coefficient (Wildman–Crippen LogP) is 4.46. The smallest absolute Gasteiger partial charge is 0.0642 e. The van der Waals surface area contributed by atoms with Gasteiger partial charge in [-0.05, 0) is 50.8 Å². The van der Waals surface area contributed by atoms with E-state index in [4.69, 9.17) is 11.6 Å². The van der Waals surface area contributed by atoms with E-state index in [1.54, 1.807) is 0 Å². The zero-order chi connectivity index (χ0) is 14.8. The van der Waals surface area contributed by atoms with E-state index < -0.39 is 0 Å². The van der Waals surface area contributed by atoms with Gasteiger partial charge in [-0.15, -0.1) is 0 Å². The van der Waals surface area contributed by atoms with Crippen LogP contribution in [-0.4, -0.2) is 18.6 Å². The van der Waals surface area contributed by atoms with E-state index in [9.17, 15) is 0 Å². The molecule has 0 bridgehead atoms. The molecule has 0 aromatic heterocycles. The van der Waals surface area contributed by atoms with Crippen molar-refractivity contribution in [2.24, 2.45) is 5.92 Å². The quantitative estimate of drug-likeness (QED) is 0.882. The molecule has 1 aromatic rings. The Morgan fingerprint density at radius 2 is 2.10 bits per heavy atom. The summed E-state index contributed by atoms with van der Waals surface area (Å²) < 4.78 is 0. The lowest BCUT2D eigenvalue weighted by Gasteiger charge is -2.23. The van der Waals surface area contributed by atoms with Crippen molar-refractivity contribution in [1.29, 1.82) is 0 Å². The molecule has 3 heteroatoms. The van der Waals surface area contributed by atoms with E-state index in [1.807, 2.05) is 0 Å². The van der Waals surface area contributed by atoms with Crippen LogP contribution in [0.4, 0.5) is 5.69 Å². The second-order valence-corrected chi connectivity index (χ2v) is 7.31. The summed E-state index contributed by atoms with van der Waals surface area (Å²) in [5.74, 6) is 0.827. The fourth-order valence-electron chi connectivity index (χ4n) is 2.67. The SMILES string of the molecule is CCC1CCN(c2ccc(CNC(C)(C)C)cc2Cl)C1. The third-order valence-electron chi connectivity index (χ3n) is 4.04. The van der Waals surface area contributed by atoms with E-state index in [0.29, 0.717) is 0 Å². The third-order valence-corrected chi connectivity index (χ3v) is 4.34. The van der Waals surface area contributed by atoms with Gasteiger partial charge in [0.05, 0.1) is 10.7 Å². The summed E-state index contributed by atoms with van der Waals surface area (Å²) in [4.78, 5) is 2.43. The number of nitrogens with one attached hydrogen (secondary N) is 1. The lowest BCUT2D eigenvalue weighted by atomic mass is 10.1. The average molecular weight is 295 g/mol. The predicted molar refractivity (Wildman–Crippen MR) is 88.7 cm³/mol. The van der Waals surface area contributed by atoms with Crippen LogP contribution < -0.4 is 10.2 Å². The fraction of sp³-hybridized carbons (Fsp3) is 0.647. The van der Waals surface area contributed by atoms with E-state index >= 15 is 0 Å². The zero-order valence-corrected chi connectivity index (χ0v) is 13.9. The van der Waals surface area contributed by atoms with E-state index in [1.165, 1.54) is 24.1 Å². The first-order chi connectivity index (χ1) is 9.39. The molecule has 1 heterocycles. The Balaban J connectivity index is 2.03. The van der Waals surface area contributed by atoms with Crippen LogP contribution in [-0.2, 0) is 6.54 Å². The maximum atomic E-state index is 6.48. The summed E-state index contributed by atoms with van der Waals surface area (Å²) in [6.45, 7) is 12.0. The maximum Gasteiger partial charge on any atom is 0.0642 e. The Morgan fingerprint density at radius 3 is 2.65 bits per heavy atom. The molecule has 1 atom stereocenters. The molecule has 0 amide bonds. The van der Waals surface area contributed by atoms with Gasteiger partial charge in [-0.25, -0.2) is 0 Å². The van der Waals surface area contributed by atoms with Crippen molar-refractivity contribution in [2.45, 2.75) is 52.6 Å². The van der Waals surface area contributed by atoms with Crippen LogP contribution in [0.5, 0.6) is 0 Å². The standard InChI is InChI=1S/C17H27ClN2/c1-5-13-8-9-20(12-13)16-7-6-14(10-15(16)18)11-19-17(2,3)4/h6-7,10,13,19H,5,8-9,11-12H2,1-4H3. The van der Waals surface area contributed by atoms with Crippen molar-refractivity contribution in [2.75, 3.05) is 18.0 Å². The van der Waals surface area contributed by atoms with Gasteiger partial charge in [-0.3, -0.25) is 0 Å². The normalized spacial score (nSPS) is 19.6. The van der Waals surface area contributed by atoms with Gasteiger partial charge in [-0.2, -0.15) is 0 Å². The van der Waals surface area contributed by atoms with Gasteiger partial charge >= 0.3 is 0 Å². The molecule has 1 aromatic carbocycles. The van der Waals surface area contributed by atoms with E-state index in [0.717, 1.165) is 30.6 Å². The number of benzene rings is 1. The van der Waals surface area contributed by atoms with Gasteiger partial charge in [0, 0.05) is 25.2 Å². The summed E-state index contributed by atoms with van der Waals surface area (Å²) in [6, 6.07) is 6.48. The zero-order valence-electron chi connectivity index (χ0n) is 13.2. The molecule has 0 aliphatic carbocycles. The Labute approximate surface area is 128 Å². The minimum Gasteiger partial charge on any atom is -0.370 e. The Hall–Kier alpha value is -0.730. The summed E-state index contributed by atoms with van der Waals surface area (Å²) in [5.41, 5.74) is 2.58. The van der Waals surface area contributed by atoms with Crippen LogP contribution in [0.2, 0.25) is 5.02 Å². The molecule has 1 saturated heterocycles. The lowest BCUT2D eigenvalue weighted by Crippen LogP contribution is -2.35. The number of hydrogen-bond donors (Lipinski definition) is 1. The number of anilines is 1. The van der Waals surface area contributed by atoms with Gasteiger partial charge in [0.25, 0.3) is 0 Å². The topological polar surface area (TPSA) is 15.3 Å². The van der Waals surface area contributed by atoms with Gasteiger partial charge in [0.15, 0.2) is 0 Å². The molecule has 0 spiro atoms. The Morgan fingerprint density at radius 1 is 1.35 bits per heavy atom. The monoisotopic (exact) mass is 294 g/mol. The molecular formula is C17H27ClN2. The van der Waals surface area contributed by atoms with Crippen LogP contribution in [0.1, 0.15) is 46.1 Å². The fourth-order valence-corrected chi connectivity index (χ4v) is 2.99. The van der Waals surface area contributed by atoms with Crippen molar-refractivity contribution in [3.8, 4) is 0 Å². The van der Waals surface area contributed by atoms with Crippen LogP contribution >= 0.6 is 11.6 Å². The van der Waals surface area contributed by atoms with Crippen molar-refractivity contribution in [1.82, 2.24) is 5.32 Å². The minimum absolute atomic E-state index is 0.133. The first-order valence-corrected chi connectivity index (χ1v) is 8.05. The number of rotatable bonds is 4. The molecule has 0 radical (unpaired) electrons. The highest BCUT2D eigenvalue weighted by atomic mass is 35.5. The molecule has 20 heavy (non-hydrogen) atoms. The van der Waals surface area contributed by atoms with Gasteiger partial charge < -0.3 is 10.2 Å². The highest BCUT2D eigenvalue weighted by Gasteiger charge is 2.22. The second-order valence-electron chi connectivity index (χ2n) is 6.90. The highest BCUT2D eigenvalue weighted by Crippen LogP contribution is 2.32. The summed E-state index contributed by atoms with van der Waals surface area (Å²) in [7, 11) is 0. The molecule has 1 fully saturated rings. The molecule has 2 rings (SSSR count). The van der Waals surface area contributed by atoms with Crippen LogP contribution in [0.15, 0.2) is 18.2 Å². The molecule has 1 aliphatic rings. The third kappa shape index (κ3) is 4.13. The molecular weight excluding hydrogens is 268 g/mol. The first kappa shape index (κ1) is 15.7. The number of halogens is 1. The van der Waals surface area contributed by atoms with Crippen LogP contribution in [0.25, 0.3) is 0 Å². The van der Waals surface area contributed by atoms with Gasteiger partial charge in [-0.1, -0.05) is 31.0 Å².